The number of amides is 2. The lowest BCUT2D eigenvalue weighted by atomic mass is 9.92. The van der Waals surface area contributed by atoms with Gasteiger partial charge in [0.15, 0.2) is 5.16 Å². The summed E-state index contributed by atoms with van der Waals surface area (Å²) in [5.41, 5.74) is 2.41. The van der Waals surface area contributed by atoms with Gasteiger partial charge in [-0.3, -0.25) is 14.4 Å². The smallest absolute Gasteiger partial charge is 0.257 e. The standard InChI is InChI=1S/C19H20N4O3S/c1-4-5-27-19-22-16-15(18(26)23-19)13(9-14(24)21-16)17(25)20-12-7-10(2)6-11(3)8-12/h4,6-8,13H,1,5,9H2,2-3H3,(H,20,25)(H2,21,22,23,24,26). The van der Waals surface area contributed by atoms with E-state index in [1.54, 1.807) is 6.08 Å². The third-order valence-electron chi connectivity index (χ3n) is 4.07. The number of anilines is 2. The summed E-state index contributed by atoms with van der Waals surface area (Å²) in [5, 5.41) is 5.78. The van der Waals surface area contributed by atoms with Crippen LogP contribution in [0.15, 0.2) is 40.8 Å². The number of hydrogen-bond acceptors (Lipinski definition) is 5. The third-order valence-corrected chi connectivity index (χ3v) is 4.94. The first-order chi connectivity index (χ1) is 12.9. The Balaban J connectivity index is 1.93. The van der Waals surface area contributed by atoms with Gasteiger partial charge < -0.3 is 15.6 Å². The van der Waals surface area contributed by atoms with Gasteiger partial charge in [-0.05, 0) is 37.1 Å². The van der Waals surface area contributed by atoms with Crippen LogP contribution in [0.5, 0.6) is 0 Å². The van der Waals surface area contributed by atoms with E-state index in [4.69, 9.17) is 0 Å². The second kappa shape index (κ2) is 7.79. The minimum Gasteiger partial charge on any atom is -0.326 e. The number of rotatable bonds is 5. The zero-order valence-electron chi connectivity index (χ0n) is 15.1. The second-order valence-corrected chi connectivity index (χ2v) is 7.41. The van der Waals surface area contributed by atoms with E-state index in [9.17, 15) is 14.4 Å². The third kappa shape index (κ3) is 4.28. The zero-order valence-corrected chi connectivity index (χ0v) is 15.9. The maximum Gasteiger partial charge on any atom is 0.257 e. The summed E-state index contributed by atoms with van der Waals surface area (Å²) in [7, 11) is 0. The molecule has 7 nitrogen and oxygen atoms in total. The molecule has 1 aromatic heterocycles. The quantitative estimate of drug-likeness (QED) is 0.418. The molecular formula is C19H20N4O3S. The summed E-state index contributed by atoms with van der Waals surface area (Å²) < 4.78 is 0. The van der Waals surface area contributed by atoms with Crippen LogP contribution < -0.4 is 16.2 Å². The lowest BCUT2D eigenvalue weighted by Gasteiger charge is -2.23. The molecule has 0 bridgehead atoms. The van der Waals surface area contributed by atoms with Crippen LogP contribution in [0.2, 0.25) is 0 Å². The zero-order chi connectivity index (χ0) is 19.6. The number of fused-ring (bicyclic) bond motifs is 1. The predicted molar refractivity (Wildman–Crippen MR) is 106 cm³/mol. The first-order valence-electron chi connectivity index (χ1n) is 8.44. The van der Waals surface area contributed by atoms with Gasteiger partial charge in [-0.1, -0.05) is 23.9 Å². The molecule has 3 rings (SSSR count). The van der Waals surface area contributed by atoms with Gasteiger partial charge in [0.1, 0.15) is 5.82 Å². The average Bonchev–Trinajstić information content (AvgIpc) is 2.57. The molecule has 1 unspecified atom stereocenters. The number of H-pyrrole nitrogens is 1. The molecule has 1 aliphatic rings. The summed E-state index contributed by atoms with van der Waals surface area (Å²) in [6.07, 6.45) is 1.58. The van der Waals surface area contributed by atoms with Crippen molar-refractivity contribution < 1.29 is 9.59 Å². The van der Waals surface area contributed by atoms with Gasteiger partial charge >= 0.3 is 0 Å². The SMILES string of the molecule is C=CCSc1nc2c(c(=O)[nH]1)C(C(=O)Nc1cc(C)cc(C)c1)CC(=O)N2. The van der Waals surface area contributed by atoms with Crippen molar-refractivity contribution in [1.29, 1.82) is 0 Å². The van der Waals surface area contributed by atoms with Crippen molar-refractivity contribution in [1.82, 2.24) is 9.97 Å². The van der Waals surface area contributed by atoms with Crippen molar-refractivity contribution in [2.75, 3.05) is 16.4 Å². The lowest BCUT2D eigenvalue weighted by molar-refractivity contribution is -0.123. The number of nitrogens with one attached hydrogen (secondary N) is 3. The van der Waals surface area contributed by atoms with E-state index in [1.165, 1.54) is 11.8 Å². The fourth-order valence-corrected chi connectivity index (χ4v) is 3.65. The van der Waals surface area contributed by atoms with Crippen molar-refractivity contribution in [3.8, 4) is 0 Å². The van der Waals surface area contributed by atoms with Crippen LogP contribution in [0, 0.1) is 13.8 Å². The van der Waals surface area contributed by atoms with Crippen molar-refractivity contribution in [2.24, 2.45) is 0 Å². The van der Waals surface area contributed by atoms with Gasteiger partial charge in [-0.15, -0.1) is 6.58 Å². The monoisotopic (exact) mass is 384 g/mol. The molecule has 1 aromatic carbocycles. The summed E-state index contributed by atoms with van der Waals surface area (Å²) in [6, 6.07) is 5.68. The number of carbonyl (C=O) groups is 2. The molecule has 140 valence electrons. The Kier molecular flexibility index (Phi) is 5.46. The van der Waals surface area contributed by atoms with Gasteiger partial charge in [0, 0.05) is 17.9 Å². The van der Waals surface area contributed by atoms with E-state index in [0.717, 1.165) is 11.1 Å². The highest BCUT2D eigenvalue weighted by molar-refractivity contribution is 7.99. The van der Waals surface area contributed by atoms with E-state index in [1.807, 2.05) is 32.0 Å². The molecule has 3 N–H and O–H groups in total. The van der Waals surface area contributed by atoms with Crippen LogP contribution >= 0.6 is 11.8 Å². The molecule has 0 spiro atoms. The average molecular weight is 384 g/mol. The van der Waals surface area contributed by atoms with Gasteiger partial charge in [0.2, 0.25) is 11.8 Å². The number of nitrogens with zero attached hydrogens (tertiary/aromatic N) is 1. The van der Waals surface area contributed by atoms with E-state index >= 15 is 0 Å². The molecule has 0 saturated heterocycles. The number of benzene rings is 1. The number of carbonyl (C=O) groups excluding carboxylic acids is 2. The van der Waals surface area contributed by atoms with Crippen molar-refractivity contribution in [3.05, 3.63) is 57.9 Å². The van der Waals surface area contributed by atoms with E-state index < -0.39 is 17.4 Å². The molecule has 2 heterocycles. The second-order valence-electron chi connectivity index (χ2n) is 6.40. The Bertz CT molecular complexity index is 963. The predicted octanol–water partition coefficient (Wildman–Crippen LogP) is 2.73. The lowest BCUT2D eigenvalue weighted by Crippen LogP contribution is -2.36. The van der Waals surface area contributed by atoms with Crippen molar-refractivity contribution in [2.45, 2.75) is 31.3 Å². The maximum absolute atomic E-state index is 12.8. The number of thioether (sulfide) groups is 1. The van der Waals surface area contributed by atoms with E-state index in [-0.39, 0.29) is 23.7 Å². The Hall–Kier alpha value is -2.87. The Morgan fingerprint density at radius 1 is 1.33 bits per heavy atom. The summed E-state index contributed by atoms with van der Waals surface area (Å²) in [4.78, 5) is 44.4. The number of aromatic amines is 1. The van der Waals surface area contributed by atoms with Crippen LogP contribution in [0.25, 0.3) is 0 Å². The normalized spacial score (nSPS) is 15.6. The van der Waals surface area contributed by atoms with Crippen LogP contribution in [0.4, 0.5) is 11.5 Å². The molecular weight excluding hydrogens is 364 g/mol. The van der Waals surface area contributed by atoms with Gasteiger partial charge in [-0.2, -0.15) is 0 Å². The van der Waals surface area contributed by atoms with Crippen LogP contribution in [-0.2, 0) is 9.59 Å². The summed E-state index contributed by atoms with van der Waals surface area (Å²) in [6.45, 7) is 7.49. The largest absolute Gasteiger partial charge is 0.326 e. The Morgan fingerprint density at radius 3 is 2.70 bits per heavy atom. The number of aromatic nitrogens is 2. The highest BCUT2D eigenvalue weighted by atomic mass is 32.2. The molecule has 0 radical (unpaired) electrons. The fraction of sp³-hybridized carbons (Fsp3) is 0.263. The van der Waals surface area contributed by atoms with E-state index in [0.29, 0.717) is 16.6 Å². The topological polar surface area (TPSA) is 104 Å². The molecule has 8 heteroatoms. The molecule has 2 amide bonds. The van der Waals surface area contributed by atoms with Gasteiger partial charge in [0.25, 0.3) is 5.56 Å². The number of hydrogen-bond donors (Lipinski definition) is 3. The minimum absolute atomic E-state index is 0.104. The number of aryl methyl sites for hydroxylation is 2. The summed E-state index contributed by atoms with van der Waals surface area (Å²) >= 11 is 1.29. The highest BCUT2D eigenvalue weighted by Gasteiger charge is 2.34. The molecule has 0 aliphatic carbocycles. The highest BCUT2D eigenvalue weighted by Crippen LogP contribution is 2.30. The van der Waals surface area contributed by atoms with Crippen molar-refractivity contribution in [3.63, 3.8) is 0 Å². The minimum atomic E-state index is -0.899. The van der Waals surface area contributed by atoms with E-state index in [2.05, 4.69) is 27.2 Å². The Morgan fingerprint density at radius 2 is 2.04 bits per heavy atom. The van der Waals surface area contributed by atoms with Gasteiger partial charge in [0.05, 0.1) is 11.5 Å². The Labute approximate surface area is 160 Å². The molecule has 1 atom stereocenters. The van der Waals surface area contributed by atoms with Gasteiger partial charge in [-0.25, -0.2) is 4.98 Å². The molecule has 2 aromatic rings. The maximum atomic E-state index is 12.8. The van der Waals surface area contributed by atoms with Crippen LogP contribution in [0.1, 0.15) is 29.0 Å². The fourth-order valence-electron chi connectivity index (χ4n) is 3.06. The molecule has 0 fully saturated rings. The van der Waals surface area contributed by atoms with Crippen molar-refractivity contribution >= 4 is 35.1 Å². The first kappa shape index (κ1) is 18.9. The first-order valence-corrected chi connectivity index (χ1v) is 9.43. The van der Waals surface area contributed by atoms with Crippen LogP contribution in [-0.4, -0.2) is 27.5 Å². The molecule has 0 saturated carbocycles. The molecule has 27 heavy (non-hydrogen) atoms. The van der Waals surface area contributed by atoms with Crippen LogP contribution in [0.3, 0.4) is 0 Å². The molecule has 1 aliphatic heterocycles. The summed E-state index contributed by atoms with van der Waals surface area (Å²) in [5.74, 6) is -0.950.